The number of pyridine rings is 1. The summed E-state index contributed by atoms with van der Waals surface area (Å²) in [7, 11) is 1.69. The number of fused-ring (bicyclic) bond motifs is 1. The summed E-state index contributed by atoms with van der Waals surface area (Å²) in [6.07, 6.45) is 5.26. The molecule has 0 unspecified atom stereocenters. The van der Waals surface area contributed by atoms with Crippen LogP contribution < -0.4 is 10.1 Å². The van der Waals surface area contributed by atoms with Crippen molar-refractivity contribution < 1.29 is 4.74 Å². The van der Waals surface area contributed by atoms with Gasteiger partial charge in [-0.05, 0) is 31.4 Å². The van der Waals surface area contributed by atoms with Crippen molar-refractivity contribution in [3.05, 3.63) is 30.5 Å². The lowest BCUT2D eigenvalue weighted by Gasteiger charge is -2.41. The van der Waals surface area contributed by atoms with Crippen molar-refractivity contribution >= 4 is 28.2 Å². The molecule has 1 saturated carbocycles. The van der Waals surface area contributed by atoms with E-state index in [4.69, 9.17) is 16.3 Å². The zero-order chi connectivity index (χ0) is 13.3. The van der Waals surface area contributed by atoms with Crippen molar-refractivity contribution in [2.45, 2.75) is 24.8 Å². The minimum absolute atomic E-state index is 0.0198. The molecule has 1 aliphatic rings. The summed E-state index contributed by atoms with van der Waals surface area (Å²) in [4.78, 5) is 4.47. The van der Waals surface area contributed by atoms with Crippen molar-refractivity contribution in [1.29, 1.82) is 0 Å². The Labute approximate surface area is 117 Å². The summed E-state index contributed by atoms with van der Waals surface area (Å²) in [6.45, 7) is 0. The molecule has 0 spiro atoms. The summed E-state index contributed by atoms with van der Waals surface area (Å²) in [6, 6.07) is 8.00. The van der Waals surface area contributed by atoms with Crippen LogP contribution in [0, 0.1) is 0 Å². The predicted molar refractivity (Wildman–Crippen MR) is 79.2 cm³/mol. The van der Waals surface area contributed by atoms with Gasteiger partial charge in [-0.3, -0.25) is 0 Å². The molecule has 0 radical (unpaired) electrons. The molecule has 0 amide bonds. The number of ether oxygens (including phenoxy) is 1. The Kier molecular flexibility index (Phi) is 3.23. The first-order chi connectivity index (χ1) is 9.28. The molecule has 100 valence electrons. The molecular formula is C15H17ClN2O. The summed E-state index contributed by atoms with van der Waals surface area (Å²) in [5.41, 5.74) is 0.0198. The summed E-state index contributed by atoms with van der Waals surface area (Å²) in [5.74, 6) is 2.39. The average Bonchev–Trinajstić information content (AvgIpc) is 2.42. The Morgan fingerprint density at radius 3 is 2.79 bits per heavy atom. The summed E-state index contributed by atoms with van der Waals surface area (Å²) < 4.78 is 5.40. The lowest BCUT2D eigenvalue weighted by Crippen LogP contribution is -2.47. The number of nitrogens with one attached hydrogen (secondary N) is 1. The maximum atomic E-state index is 6.10. The number of benzene rings is 1. The van der Waals surface area contributed by atoms with Crippen LogP contribution >= 0.6 is 11.6 Å². The number of halogens is 1. The first-order valence-corrected chi connectivity index (χ1v) is 7.07. The molecule has 1 heterocycles. The molecule has 1 aliphatic carbocycles. The molecule has 19 heavy (non-hydrogen) atoms. The van der Waals surface area contributed by atoms with Crippen LogP contribution in [0.1, 0.15) is 19.3 Å². The minimum Gasteiger partial charge on any atom is -0.496 e. The smallest absolute Gasteiger partial charge is 0.134 e. The van der Waals surface area contributed by atoms with Crippen LogP contribution in [0.2, 0.25) is 0 Å². The molecule has 2 aromatic rings. The van der Waals surface area contributed by atoms with Gasteiger partial charge in [0.05, 0.1) is 12.6 Å². The van der Waals surface area contributed by atoms with E-state index in [1.807, 2.05) is 24.4 Å². The number of hydrogen-bond acceptors (Lipinski definition) is 3. The molecule has 0 bridgehead atoms. The molecule has 1 aromatic heterocycles. The molecule has 0 aliphatic heterocycles. The van der Waals surface area contributed by atoms with E-state index in [0.717, 1.165) is 35.2 Å². The number of anilines is 1. The van der Waals surface area contributed by atoms with Gasteiger partial charge in [-0.1, -0.05) is 12.1 Å². The molecular weight excluding hydrogens is 260 g/mol. The van der Waals surface area contributed by atoms with Gasteiger partial charge in [0.2, 0.25) is 0 Å². The standard InChI is InChI=1S/C15H17ClN2O/c1-19-13-5-2-4-12-11(13)6-9-17-14(12)18-15(10-16)7-3-8-15/h2,4-6,9H,3,7-8,10H2,1H3,(H,17,18). The van der Waals surface area contributed by atoms with Gasteiger partial charge < -0.3 is 10.1 Å². The van der Waals surface area contributed by atoms with E-state index in [0.29, 0.717) is 5.88 Å². The van der Waals surface area contributed by atoms with Crippen LogP contribution in [0.15, 0.2) is 30.5 Å². The second-order valence-electron chi connectivity index (χ2n) is 5.11. The first-order valence-electron chi connectivity index (χ1n) is 6.54. The second-order valence-corrected chi connectivity index (χ2v) is 5.37. The zero-order valence-electron chi connectivity index (χ0n) is 10.9. The Morgan fingerprint density at radius 2 is 2.16 bits per heavy atom. The van der Waals surface area contributed by atoms with E-state index in [9.17, 15) is 0 Å². The van der Waals surface area contributed by atoms with E-state index in [1.54, 1.807) is 7.11 Å². The number of alkyl halides is 1. The third-order valence-corrected chi connectivity index (χ3v) is 4.45. The van der Waals surface area contributed by atoms with Gasteiger partial charge in [0.25, 0.3) is 0 Å². The molecule has 1 fully saturated rings. The van der Waals surface area contributed by atoms with Crippen LogP contribution in [0.25, 0.3) is 10.8 Å². The van der Waals surface area contributed by atoms with Gasteiger partial charge in [0, 0.05) is 22.8 Å². The van der Waals surface area contributed by atoms with E-state index in [2.05, 4.69) is 16.4 Å². The van der Waals surface area contributed by atoms with Gasteiger partial charge in [0.15, 0.2) is 0 Å². The highest BCUT2D eigenvalue weighted by Crippen LogP contribution is 2.38. The Morgan fingerprint density at radius 1 is 1.32 bits per heavy atom. The van der Waals surface area contributed by atoms with Crippen molar-refractivity contribution in [3.63, 3.8) is 0 Å². The van der Waals surface area contributed by atoms with E-state index >= 15 is 0 Å². The summed E-state index contributed by atoms with van der Waals surface area (Å²) in [5, 5.41) is 5.69. The zero-order valence-corrected chi connectivity index (χ0v) is 11.7. The first kappa shape index (κ1) is 12.5. The fourth-order valence-electron chi connectivity index (χ4n) is 2.60. The lowest BCUT2D eigenvalue weighted by molar-refractivity contribution is 0.310. The third-order valence-electron chi connectivity index (χ3n) is 3.94. The number of methoxy groups -OCH3 is 1. The maximum Gasteiger partial charge on any atom is 0.134 e. The Bertz CT molecular complexity index is 590. The van der Waals surface area contributed by atoms with E-state index in [-0.39, 0.29) is 5.54 Å². The minimum atomic E-state index is 0.0198. The van der Waals surface area contributed by atoms with E-state index in [1.165, 1.54) is 6.42 Å². The number of hydrogen-bond donors (Lipinski definition) is 1. The predicted octanol–water partition coefficient (Wildman–Crippen LogP) is 3.82. The normalized spacial score (nSPS) is 16.9. The number of nitrogens with zero attached hydrogens (tertiary/aromatic N) is 1. The Hall–Kier alpha value is -1.48. The molecule has 0 saturated heterocycles. The van der Waals surface area contributed by atoms with Crippen LogP contribution in [0.3, 0.4) is 0 Å². The monoisotopic (exact) mass is 276 g/mol. The highest BCUT2D eigenvalue weighted by atomic mass is 35.5. The SMILES string of the molecule is COc1cccc2c(NC3(CCl)CCC3)nccc12. The highest BCUT2D eigenvalue weighted by Gasteiger charge is 2.36. The van der Waals surface area contributed by atoms with Crippen LogP contribution in [0.4, 0.5) is 5.82 Å². The molecule has 4 heteroatoms. The van der Waals surface area contributed by atoms with Crippen LogP contribution in [-0.4, -0.2) is 23.5 Å². The van der Waals surface area contributed by atoms with Crippen molar-refractivity contribution in [2.24, 2.45) is 0 Å². The van der Waals surface area contributed by atoms with Gasteiger partial charge in [-0.15, -0.1) is 11.6 Å². The largest absolute Gasteiger partial charge is 0.496 e. The second kappa shape index (κ2) is 4.89. The molecule has 3 nitrogen and oxygen atoms in total. The van der Waals surface area contributed by atoms with Crippen LogP contribution in [0.5, 0.6) is 5.75 Å². The van der Waals surface area contributed by atoms with Crippen molar-refractivity contribution in [3.8, 4) is 5.75 Å². The topological polar surface area (TPSA) is 34.1 Å². The van der Waals surface area contributed by atoms with Gasteiger partial charge in [-0.25, -0.2) is 4.98 Å². The van der Waals surface area contributed by atoms with Gasteiger partial charge >= 0.3 is 0 Å². The van der Waals surface area contributed by atoms with Gasteiger partial charge in [0.1, 0.15) is 11.6 Å². The van der Waals surface area contributed by atoms with Crippen LogP contribution in [-0.2, 0) is 0 Å². The highest BCUT2D eigenvalue weighted by molar-refractivity contribution is 6.19. The molecule has 3 rings (SSSR count). The lowest BCUT2D eigenvalue weighted by atomic mass is 9.78. The molecule has 1 aromatic carbocycles. The Balaban J connectivity index is 2.04. The van der Waals surface area contributed by atoms with Crippen molar-refractivity contribution in [1.82, 2.24) is 4.98 Å². The van der Waals surface area contributed by atoms with Crippen molar-refractivity contribution in [2.75, 3.05) is 18.3 Å². The fraction of sp³-hybridized carbons (Fsp3) is 0.400. The van der Waals surface area contributed by atoms with E-state index < -0.39 is 0 Å². The van der Waals surface area contributed by atoms with Gasteiger partial charge in [-0.2, -0.15) is 0 Å². The molecule has 1 N–H and O–H groups in total. The fourth-order valence-corrected chi connectivity index (χ4v) is 2.94. The molecule has 0 atom stereocenters. The number of aromatic nitrogens is 1. The number of rotatable bonds is 4. The maximum absolute atomic E-state index is 6.10. The third kappa shape index (κ3) is 2.12. The summed E-state index contributed by atoms with van der Waals surface area (Å²) >= 11 is 6.10. The average molecular weight is 277 g/mol. The quantitative estimate of drug-likeness (QED) is 0.862.